The van der Waals surface area contributed by atoms with Gasteiger partial charge >= 0.3 is 6.61 Å². The number of carbonyl (C=O) groups is 1. The fraction of sp³-hybridized carbons (Fsp3) is 0.611. The first-order chi connectivity index (χ1) is 11.0. The lowest BCUT2D eigenvalue weighted by molar-refractivity contribution is -0.0503. The minimum atomic E-state index is -2.93. The van der Waals surface area contributed by atoms with Crippen molar-refractivity contribution in [2.45, 2.75) is 50.7 Å². The molecule has 0 radical (unpaired) electrons. The Kier molecular flexibility index (Phi) is 3.54. The molecule has 1 aromatic carbocycles. The number of rotatable bonds is 4. The van der Waals surface area contributed by atoms with E-state index in [9.17, 15) is 13.6 Å². The molecule has 4 fully saturated rings. The van der Waals surface area contributed by atoms with Gasteiger partial charge in [-0.3, -0.25) is 4.79 Å². The highest BCUT2D eigenvalue weighted by Gasteiger charge is 2.51. The molecule has 23 heavy (non-hydrogen) atoms. The molecular weight excluding hydrogens is 300 g/mol. The molecule has 0 atom stereocenters. The summed E-state index contributed by atoms with van der Waals surface area (Å²) in [6, 6.07) is 6.24. The average molecular weight is 321 g/mol. The fourth-order valence-electron chi connectivity index (χ4n) is 5.42. The van der Waals surface area contributed by atoms with E-state index in [-0.39, 0.29) is 22.8 Å². The van der Waals surface area contributed by atoms with E-state index in [1.165, 1.54) is 25.3 Å². The van der Waals surface area contributed by atoms with E-state index in [1.54, 1.807) is 18.2 Å². The summed E-state index contributed by atoms with van der Waals surface area (Å²) in [6.07, 6.45) is 6.97. The van der Waals surface area contributed by atoms with Crippen LogP contribution in [0, 0.1) is 17.8 Å². The number of halogens is 2. The predicted molar refractivity (Wildman–Crippen MR) is 81.4 cm³/mol. The van der Waals surface area contributed by atoms with Crippen LogP contribution >= 0.6 is 0 Å². The van der Waals surface area contributed by atoms with Crippen molar-refractivity contribution >= 4 is 5.91 Å². The largest absolute Gasteiger partial charge is 0.434 e. The Morgan fingerprint density at radius 2 is 1.65 bits per heavy atom. The zero-order valence-electron chi connectivity index (χ0n) is 12.9. The number of amides is 1. The Bertz CT molecular complexity index is 582. The van der Waals surface area contributed by atoms with Gasteiger partial charge in [0, 0.05) is 5.54 Å². The van der Waals surface area contributed by atoms with Gasteiger partial charge in [-0.2, -0.15) is 8.78 Å². The molecule has 1 N–H and O–H groups in total. The first-order valence-corrected chi connectivity index (χ1v) is 8.39. The van der Waals surface area contributed by atoms with Crippen LogP contribution in [0.5, 0.6) is 5.75 Å². The summed E-state index contributed by atoms with van der Waals surface area (Å²) in [5, 5.41) is 3.19. The number of ether oxygens (including phenoxy) is 1. The van der Waals surface area contributed by atoms with E-state index >= 15 is 0 Å². The lowest BCUT2D eigenvalue weighted by Gasteiger charge is -2.56. The number of alkyl halides is 2. The van der Waals surface area contributed by atoms with Gasteiger partial charge in [-0.05, 0) is 68.4 Å². The van der Waals surface area contributed by atoms with Gasteiger partial charge < -0.3 is 10.1 Å². The Morgan fingerprint density at radius 1 is 1.09 bits per heavy atom. The number of hydrogen-bond donors (Lipinski definition) is 1. The number of benzene rings is 1. The van der Waals surface area contributed by atoms with Gasteiger partial charge in [0.1, 0.15) is 5.75 Å². The predicted octanol–water partition coefficient (Wildman–Crippen LogP) is 3.99. The summed E-state index contributed by atoms with van der Waals surface area (Å²) < 4.78 is 29.5. The van der Waals surface area contributed by atoms with Crippen LogP contribution in [0.4, 0.5) is 8.78 Å². The molecule has 4 bridgehead atoms. The van der Waals surface area contributed by atoms with Crippen molar-refractivity contribution in [1.82, 2.24) is 5.32 Å². The van der Waals surface area contributed by atoms with Gasteiger partial charge in [0.2, 0.25) is 0 Å². The van der Waals surface area contributed by atoms with E-state index in [4.69, 9.17) is 0 Å². The van der Waals surface area contributed by atoms with Gasteiger partial charge in [-0.15, -0.1) is 0 Å². The fourth-order valence-corrected chi connectivity index (χ4v) is 5.42. The molecule has 0 spiro atoms. The van der Waals surface area contributed by atoms with Crippen molar-refractivity contribution in [3.8, 4) is 5.75 Å². The van der Waals surface area contributed by atoms with E-state index < -0.39 is 6.61 Å². The summed E-state index contributed by atoms with van der Waals surface area (Å²) in [5.41, 5.74) is 0.0626. The highest BCUT2D eigenvalue weighted by molar-refractivity contribution is 5.97. The van der Waals surface area contributed by atoms with Crippen molar-refractivity contribution in [2.75, 3.05) is 0 Å². The number of hydrogen-bond acceptors (Lipinski definition) is 2. The van der Waals surface area contributed by atoms with E-state index in [2.05, 4.69) is 10.1 Å². The van der Waals surface area contributed by atoms with Crippen LogP contribution in [0.15, 0.2) is 24.3 Å². The zero-order valence-corrected chi connectivity index (χ0v) is 12.9. The molecule has 4 saturated carbocycles. The molecule has 1 amide bonds. The van der Waals surface area contributed by atoms with Gasteiger partial charge in [0.05, 0.1) is 5.56 Å². The van der Waals surface area contributed by atoms with Crippen LogP contribution in [0.1, 0.15) is 48.9 Å². The molecular formula is C18H21F2NO2. The Labute approximate surface area is 134 Å². The van der Waals surface area contributed by atoms with Gasteiger partial charge in [-0.25, -0.2) is 0 Å². The molecule has 5 rings (SSSR count). The molecule has 0 aliphatic heterocycles. The summed E-state index contributed by atoms with van der Waals surface area (Å²) in [5.74, 6) is 1.81. The number of para-hydroxylation sites is 1. The van der Waals surface area contributed by atoms with Crippen molar-refractivity contribution < 1.29 is 18.3 Å². The molecule has 3 nitrogen and oxygen atoms in total. The highest BCUT2D eigenvalue weighted by Crippen LogP contribution is 2.55. The topological polar surface area (TPSA) is 38.3 Å². The normalized spacial score (nSPS) is 34.7. The second kappa shape index (κ2) is 5.46. The molecule has 4 aliphatic rings. The Balaban J connectivity index is 1.54. The maximum atomic E-state index is 12.7. The first kappa shape index (κ1) is 14.9. The molecule has 0 unspecified atom stereocenters. The number of nitrogens with one attached hydrogen (secondary N) is 1. The van der Waals surface area contributed by atoms with Crippen molar-refractivity contribution in [1.29, 1.82) is 0 Å². The SMILES string of the molecule is O=C(NC12CC3CC(CC(C3)C1)C2)c1ccccc1OC(F)F. The molecule has 5 heteroatoms. The zero-order chi connectivity index (χ0) is 16.0. The van der Waals surface area contributed by atoms with E-state index in [0.717, 1.165) is 19.3 Å². The standard InChI is InChI=1S/C18H21F2NO2/c19-17(20)23-15-4-2-1-3-14(15)16(22)21-18-8-11-5-12(9-18)7-13(6-11)10-18/h1-4,11-13,17H,5-10H2,(H,21,22). The van der Waals surface area contributed by atoms with Crippen LogP contribution < -0.4 is 10.1 Å². The molecule has 4 aliphatic carbocycles. The molecule has 1 aromatic rings. The van der Waals surface area contributed by atoms with Crippen molar-refractivity contribution in [2.24, 2.45) is 17.8 Å². The van der Waals surface area contributed by atoms with E-state index in [0.29, 0.717) is 17.8 Å². The molecule has 0 aromatic heterocycles. The van der Waals surface area contributed by atoms with Gasteiger partial charge in [-0.1, -0.05) is 12.1 Å². The second-order valence-electron chi connectivity index (χ2n) is 7.53. The third kappa shape index (κ3) is 2.81. The maximum absolute atomic E-state index is 12.7. The summed E-state index contributed by atoms with van der Waals surface area (Å²) >= 11 is 0. The lowest BCUT2D eigenvalue weighted by Crippen LogP contribution is -2.59. The summed E-state index contributed by atoms with van der Waals surface area (Å²) in [7, 11) is 0. The Morgan fingerprint density at radius 3 is 2.22 bits per heavy atom. The van der Waals surface area contributed by atoms with Gasteiger partial charge in [0.25, 0.3) is 5.91 Å². The number of carbonyl (C=O) groups excluding carboxylic acids is 1. The summed E-state index contributed by atoms with van der Waals surface area (Å²) in [4.78, 5) is 12.7. The first-order valence-electron chi connectivity index (χ1n) is 8.39. The Hall–Kier alpha value is -1.65. The van der Waals surface area contributed by atoms with Crippen molar-refractivity contribution in [3.05, 3.63) is 29.8 Å². The van der Waals surface area contributed by atoms with Crippen LogP contribution in [-0.4, -0.2) is 18.1 Å². The smallest absolute Gasteiger partial charge is 0.387 e. The van der Waals surface area contributed by atoms with Crippen LogP contribution in [0.2, 0.25) is 0 Å². The quantitative estimate of drug-likeness (QED) is 0.911. The van der Waals surface area contributed by atoms with Crippen LogP contribution in [-0.2, 0) is 0 Å². The monoisotopic (exact) mass is 321 g/mol. The average Bonchev–Trinajstić information content (AvgIpc) is 2.45. The van der Waals surface area contributed by atoms with Crippen LogP contribution in [0.3, 0.4) is 0 Å². The second-order valence-corrected chi connectivity index (χ2v) is 7.53. The highest BCUT2D eigenvalue weighted by atomic mass is 19.3. The molecule has 124 valence electrons. The van der Waals surface area contributed by atoms with Crippen LogP contribution in [0.25, 0.3) is 0 Å². The molecule has 0 saturated heterocycles. The molecule has 0 heterocycles. The minimum absolute atomic E-state index is 0.0512. The third-order valence-corrected chi connectivity index (χ3v) is 5.76. The maximum Gasteiger partial charge on any atom is 0.387 e. The summed E-state index contributed by atoms with van der Waals surface area (Å²) in [6.45, 7) is -2.93. The minimum Gasteiger partial charge on any atom is -0.434 e. The lowest BCUT2D eigenvalue weighted by atomic mass is 9.53. The van der Waals surface area contributed by atoms with E-state index in [1.807, 2.05) is 0 Å². The van der Waals surface area contributed by atoms with Crippen molar-refractivity contribution in [3.63, 3.8) is 0 Å². The van der Waals surface area contributed by atoms with Gasteiger partial charge in [0.15, 0.2) is 0 Å². The third-order valence-electron chi connectivity index (χ3n) is 5.76.